The lowest BCUT2D eigenvalue weighted by Gasteiger charge is -2.37. The molecule has 10 aromatic rings. The second-order valence-corrected chi connectivity index (χ2v) is 15.7. The van der Waals surface area contributed by atoms with Crippen molar-refractivity contribution < 1.29 is 0 Å². The molecule has 0 atom stereocenters. The SMILES string of the molecule is Nc1ccc(N(c2ccccc2)c2cccc(-c3ccccc3)c2N(c2ccccc2)c2ccc(N)c(-c3ccccc3)c2-c2ccccc2)c(-c2ccccc2)c1-c1ccccc1. The van der Waals surface area contributed by atoms with Crippen molar-refractivity contribution in [3.8, 4) is 55.6 Å². The summed E-state index contributed by atoms with van der Waals surface area (Å²) in [6.45, 7) is 0. The van der Waals surface area contributed by atoms with Crippen molar-refractivity contribution in [3.05, 3.63) is 255 Å². The summed E-state index contributed by atoms with van der Waals surface area (Å²) in [6.07, 6.45) is 0. The first-order valence-corrected chi connectivity index (χ1v) is 21.6. The van der Waals surface area contributed by atoms with Crippen LogP contribution in [0.1, 0.15) is 0 Å². The predicted octanol–water partition coefficient (Wildman–Crippen LogP) is 16.1. The number of nitrogens with zero attached hydrogens (tertiary/aromatic N) is 2. The van der Waals surface area contributed by atoms with E-state index in [-0.39, 0.29) is 0 Å². The second kappa shape index (κ2) is 17.8. The van der Waals surface area contributed by atoms with Gasteiger partial charge in [0.05, 0.1) is 22.7 Å². The molecule has 0 aromatic heterocycles. The van der Waals surface area contributed by atoms with Crippen LogP contribution in [-0.2, 0) is 0 Å². The molecule has 0 saturated carbocycles. The van der Waals surface area contributed by atoms with Crippen LogP contribution in [0.2, 0.25) is 0 Å². The molecule has 0 unspecified atom stereocenters. The minimum Gasteiger partial charge on any atom is -0.398 e. The van der Waals surface area contributed by atoms with Crippen molar-refractivity contribution in [2.75, 3.05) is 21.3 Å². The average molecular weight is 823 g/mol. The number of benzene rings is 10. The smallest absolute Gasteiger partial charge is 0.0781 e. The van der Waals surface area contributed by atoms with Crippen LogP contribution >= 0.6 is 0 Å². The van der Waals surface area contributed by atoms with E-state index in [2.05, 4.69) is 252 Å². The fourth-order valence-corrected chi connectivity index (χ4v) is 8.96. The van der Waals surface area contributed by atoms with Crippen LogP contribution in [0.15, 0.2) is 255 Å². The van der Waals surface area contributed by atoms with Gasteiger partial charge >= 0.3 is 0 Å². The van der Waals surface area contributed by atoms with Gasteiger partial charge in [-0.15, -0.1) is 0 Å². The van der Waals surface area contributed by atoms with Gasteiger partial charge in [-0.1, -0.05) is 200 Å². The topological polar surface area (TPSA) is 58.5 Å². The zero-order valence-corrected chi connectivity index (χ0v) is 35.3. The molecular weight excluding hydrogens is 777 g/mol. The van der Waals surface area contributed by atoms with Gasteiger partial charge < -0.3 is 21.3 Å². The second-order valence-electron chi connectivity index (χ2n) is 15.7. The van der Waals surface area contributed by atoms with Gasteiger partial charge in [-0.05, 0) is 82.4 Å². The lowest BCUT2D eigenvalue weighted by molar-refractivity contribution is 1.23. The van der Waals surface area contributed by atoms with E-state index in [0.29, 0.717) is 11.4 Å². The molecule has 10 aromatic carbocycles. The monoisotopic (exact) mass is 822 g/mol. The van der Waals surface area contributed by atoms with E-state index < -0.39 is 0 Å². The van der Waals surface area contributed by atoms with Crippen molar-refractivity contribution in [2.45, 2.75) is 0 Å². The number of anilines is 8. The van der Waals surface area contributed by atoms with Gasteiger partial charge in [-0.25, -0.2) is 0 Å². The summed E-state index contributed by atoms with van der Waals surface area (Å²) in [5, 5.41) is 0. The van der Waals surface area contributed by atoms with E-state index in [1.54, 1.807) is 0 Å². The summed E-state index contributed by atoms with van der Waals surface area (Å²) in [7, 11) is 0. The Kier molecular flexibility index (Phi) is 11.0. The molecule has 0 aliphatic carbocycles. The normalized spacial score (nSPS) is 10.9. The number of rotatable bonds is 11. The molecule has 0 saturated heterocycles. The third kappa shape index (κ3) is 7.55. The van der Waals surface area contributed by atoms with E-state index in [0.717, 1.165) is 89.8 Å². The third-order valence-corrected chi connectivity index (χ3v) is 11.8. The Labute approximate surface area is 375 Å². The standard InChI is InChI=1S/C60H46N4/c61-51-39-41-53(58(46-29-14-4-15-30-46)56(51)44-25-10-2-11-26-44)63(48-33-18-6-19-34-48)55-38-22-37-50(43-23-8-1-9-24-43)60(55)64(49-35-20-7-21-36-49)54-42-40-52(62)57(45-27-12-3-13-28-45)59(54)47-31-16-5-17-32-47/h1-42H,61-62H2. The fraction of sp³-hybridized carbons (Fsp3) is 0. The summed E-state index contributed by atoms with van der Waals surface area (Å²) in [5.41, 5.74) is 31.8. The summed E-state index contributed by atoms with van der Waals surface area (Å²) in [4.78, 5) is 4.84. The first-order valence-electron chi connectivity index (χ1n) is 21.6. The first-order chi connectivity index (χ1) is 31.7. The van der Waals surface area contributed by atoms with E-state index >= 15 is 0 Å². The summed E-state index contributed by atoms with van der Waals surface area (Å²) in [6, 6.07) is 89.3. The average Bonchev–Trinajstić information content (AvgIpc) is 3.37. The molecule has 0 heterocycles. The van der Waals surface area contributed by atoms with E-state index in [1.807, 2.05) is 12.1 Å². The molecular formula is C60H46N4. The Hall–Kier alpha value is -8.60. The molecule has 4 nitrogen and oxygen atoms in total. The van der Waals surface area contributed by atoms with Crippen LogP contribution < -0.4 is 21.3 Å². The number of hydrogen-bond acceptors (Lipinski definition) is 4. The zero-order valence-electron chi connectivity index (χ0n) is 35.3. The van der Waals surface area contributed by atoms with Crippen molar-refractivity contribution in [2.24, 2.45) is 0 Å². The molecule has 0 spiro atoms. The largest absolute Gasteiger partial charge is 0.398 e. The van der Waals surface area contributed by atoms with Crippen molar-refractivity contribution in [1.82, 2.24) is 0 Å². The maximum absolute atomic E-state index is 7.10. The molecule has 0 aliphatic heterocycles. The number of para-hydroxylation sites is 3. The van der Waals surface area contributed by atoms with Crippen molar-refractivity contribution >= 4 is 45.5 Å². The zero-order chi connectivity index (χ0) is 43.2. The molecule has 0 bridgehead atoms. The van der Waals surface area contributed by atoms with Crippen LogP contribution in [0.4, 0.5) is 45.5 Å². The highest BCUT2D eigenvalue weighted by molar-refractivity contribution is 6.08. The Morgan fingerprint density at radius 3 is 0.969 bits per heavy atom. The summed E-state index contributed by atoms with van der Waals surface area (Å²) >= 11 is 0. The first kappa shape index (κ1) is 39.5. The van der Waals surface area contributed by atoms with Gasteiger partial charge in [-0.2, -0.15) is 0 Å². The van der Waals surface area contributed by atoms with E-state index in [1.165, 1.54) is 0 Å². The minimum atomic E-state index is 0.701. The quantitative estimate of drug-likeness (QED) is 0.128. The van der Waals surface area contributed by atoms with Crippen LogP contribution in [0.5, 0.6) is 0 Å². The van der Waals surface area contributed by atoms with Gasteiger partial charge in [0.15, 0.2) is 0 Å². The van der Waals surface area contributed by atoms with Crippen LogP contribution in [0, 0.1) is 0 Å². The van der Waals surface area contributed by atoms with Gasteiger partial charge in [0.2, 0.25) is 0 Å². The summed E-state index contributed by atoms with van der Waals surface area (Å²) < 4.78 is 0. The third-order valence-electron chi connectivity index (χ3n) is 11.8. The highest BCUT2D eigenvalue weighted by Crippen LogP contribution is 2.56. The maximum Gasteiger partial charge on any atom is 0.0781 e. The Morgan fingerprint density at radius 2 is 0.562 bits per heavy atom. The molecule has 0 aliphatic rings. The lowest BCUT2D eigenvalue weighted by atomic mass is 9.89. The van der Waals surface area contributed by atoms with Gasteiger partial charge in [0.1, 0.15) is 0 Å². The van der Waals surface area contributed by atoms with Gasteiger partial charge in [0, 0.05) is 50.6 Å². The molecule has 64 heavy (non-hydrogen) atoms. The molecule has 10 rings (SSSR count). The number of hydrogen-bond donors (Lipinski definition) is 2. The Balaban J connectivity index is 1.37. The predicted molar refractivity (Wildman–Crippen MR) is 272 cm³/mol. The van der Waals surface area contributed by atoms with E-state index in [4.69, 9.17) is 11.5 Å². The number of nitrogen functional groups attached to an aromatic ring is 2. The minimum absolute atomic E-state index is 0.701. The van der Waals surface area contributed by atoms with Gasteiger partial charge in [-0.3, -0.25) is 0 Å². The van der Waals surface area contributed by atoms with Crippen molar-refractivity contribution in [1.29, 1.82) is 0 Å². The molecule has 306 valence electrons. The number of nitrogens with two attached hydrogens (primary N) is 2. The highest BCUT2D eigenvalue weighted by Gasteiger charge is 2.30. The van der Waals surface area contributed by atoms with Crippen LogP contribution in [0.25, 0.3) is 55.6 Å². The van der Waals surface area contributed by atoms with Crippen molar-refractivity contribution in [3.63, 3.8) is 0 Å². The van der Waals surface area contributed by atoms with Gasteiger partial charge in [0.25, 0.3) is 0 Å². The summed E-state index contributed by atoms with van der Waals surface area (Å²) in [5.74, 6) is 0. The Bertz CT molecular complexity index is 3140. The molecule has 0 radical (unpaired) electrons. The van der Waals surface area contributed by atoms with Crippen LogP contribution in [0.3, 0.4) is 0 Å². The molecule has 4 heteroatoms. The molecule has 0 fully saturated rings. The Morgan fingerprint density at radius 1 is 0.234 bits per heavy atom. The van der Waals surface area contributed by atoms with E-state index in [9.17, 15) is 0 Å². The molecule has 0 amide bonds. The maximum atomic E-state index is 7.10. The lowest BCUT2D eigenvalue weighted by Crippen LogP contribution is -2.19. The molecule has 4 N–H and O–H groups in total. The van der Waals surface area contributed by atoms with Crippen LogP contribution in [-0.4, -0.2) is 0 Å². The fourth-order valence-electron chi connectivity index (χ4n) is 8.96. The highest BCUT2D eigenvalue weighted by atomic mass is 15.2.